The number of carboxylic acid groups (broad SMARTS) is 1. The molecule has 0 atom stereocenters. The average molecular weight is 253 g/mol. The quantitative estimate of drug-likeness (QED) is 0.731. The maximum absolute atomic E-state index is 10.7. The van der Waals surface area contributed by atoms with Gasteiger partial charge in [-0.05, 0) is 18.6 Å². The summed E-state index contributed by atoms with van der Waals surface area (Å²) in [6, 6.07) is 5.09. The summed E-state index contributed by atoms with van der Waals surface area (Å²) >= 11 is 0. The summed E-state index contributed by atoms with van der Waals surface area (Å²) in [6.07, 6.45) is 2.00. The molecule has 0 radical (unpaired) electrons. The molecular weight excluding hydrogens is 234 g/mol. The molecule has 0 aromatic heterocycles. The number of nitrogens with one attached hydrogen (secondary N) is 1. The zero-order chi connectivity index (χ0) is 13.4. The lowest BCUT2D eigenvalue weighted by Gasteiger charge is -2.14. The number of methoxy groups -OCH3 is 1. The minimum atomic E-state index is -1.12. The van der Waals surface area contributed by atoms with E-state index in [1.165, 1.54) is 7.11 Å². The van der Waals surface area contributed by atoms with E-state index in [1.54, 1.807) is 18.2 Å². The van der Waals surface area contributed by atoms with Crippen LogP contribution in [0.25, 0.3) is 0 Å². The van der Waals surface area contributed by atoms with E-state index >= 15 is 0 Å². The number of anilines is 1. The van der Waals surface area contributed by atoms with Crippen molar-refractivity contribution in [3.63, 3.8) is 0 Å². The number of unbranched alkanes of at least 4 members (excludes halogenated alkanes) is 2. The number of ether oxygens (including phenoxy) is 2. The number of hydrogen-bond donors (Lipinski definition) is 2. The first-order chi connectivity index (χ1) is 8.69. The molecule has 1 rings (SSSR count). The molecule has 100 valence electrons. The fourth-order valence-electron chi connectivity index (χ4n) is 1.57. The van der Waals surface area contributed by atoms with Crippen molar-refractivity contribution in [1.29, 1.82) is 0 Å². The van der Waals surface area contributed by atoms with Crippen molar-refractivity contribution in [3.05, 3.63) is 18.2 Å². The number of amides is 1. The second kappa shape index (κ2) is 7.42. The lowest BCUT2D eigenvalue weighted by molar-refractivity contribution is 0.209. The Hall–Kier alpha value is -1.91. The fourth-order valence-corrected chi connectivity index (χ4v) is 1.57. The second-order valence-corrected chi connectivity index (χ2v) is 3.82. The van der Waals surface area contributed by atoms with Gasteiger partial charge in [0, 0.05) is 0 Å². The predicted molar refractivity (Wildman–Crippen MR) is 69.7 cm³/mol. The summed E-state index contributed by atoms with van der Waals surface area (Å²) in [6.45, 7) is 2.66. The van der Waals surface area contributed by atoms with E-state index < -0.39 is 6.09 Å². The van der Waals surface area contributed by atoms with Crippen LogP contribution >= 0.6 is 0 Å². The van der Waals surface area contributed by atoms with Gasteiger partial charge in [-0.15, -0.1) is 0 Å². The zero-order valence-corrected chi connectivity index (χ0v) is 10.7. The van der Waals surface area contributed by atoms with Crippen molar-refractivity contribution in [2.24, 2.45) is 0 Å². The number of hydrogen-bond acceptors (Lipinski definition) is 3. The lowest BCUT2D eigenvalue weighted by Crippen LogP contribution is -2.10. The SMILES string of the molecule is CCCCCOc1c(NC(=O)O)cccc1OC. The van der Waals surface area contributed by atoms with Gasteiger partial charge < -0.3 is 14.6 Å². The van der Waals surface area contributed by atoms with Crippen LogP contribution in [0.4, 0.5) is 10.5 Å². The highest BCUT2D eigenvalue weighted by Gasteiger charge is 2.12. The first-order valence-electron chi connectivity index (χ1n) is 5.98. The van der Waals surface area contributed by atoms with Crippen LogP contribution in [0.1, 0.15) is 26.2 Å². The Morgan fingerprint density at radius 1 is 1.39 bits per heavy atom. The molecule has 1 amide bonds. The standard InChI is InChI=1S/C13H19NO4/c1-3-4-5-9-18-12-10(14-13(15)16)7-6-8-11(12)17-2/h6-8,14H,3-5,9H2,1-2H3,(H,15,16). The maximum atomic E-state index is 10.7. The topological polar surface area (TPSA) is 67.8 Å². The molecule has 0 saturated carbocycles. The summed E-state index contributed by atoms with van der Waals surface area (Å²) in [7, 11) is 1.53. The highest BCUT2D eigenvalue weighted by atomic mass is 16.5. The van der Waals surface area contributed by atoms with E-state index in [0.29, 0.717) is 23.8 Å². The summed E-state index contributed by atoms with van der Waals surface area (Å²) in [4.78, 5) is 10.7. The van der Waals surface area contributed by atoms with E-state index in [2.05, 4.69) is 12.2 Å². The molecule has 2 N–H and O–H groups in total. The third-order valence-corrected chi connectivity index (χ3v) is 2.43. The lowest BCUT2D eigenvalue weighted by atomic mass is 10.2. The zero-order valence-electron chi connectivity index (χ0n) is 10.7. The van der Waals surface area contributed by atoms with Gasteiger partial charge in [0.25, 0.3) is 0 Å². The van der Waals surface area contributed by atoms with Crippen molar-refractivity contribution >= 4 is 11.8 Å². The summed E-state index contributed by atoms with van der Waals surface area (Å²) < 4.78 is 10.8. The van der Waals surface area contributed by atoms with Crippen LogP contribution in [0.3, 0.4) is 0 Å². The Morgan fingerprint density at radius 2 is 2.17 bits per heavy atom. The summed E-state index contributed by atoms with van der Waals surface area (Å²) in [5.41, 5.74) is 0.401. The van der Waals surface area contributed by atoms with E-state index in [4.69, 9.17) is 14.6 Å². The molecule has 0 heterocycles. The van der Waals surface area contributed by atoms with E-state index in [1.807, 2.05) is 0 Å². The first kappa shape index (κ1) is 14.2. The molecule has 18 heavy (non-hydrogen) atoms. The molecular formula is C13H19NO4. The molecule has 0 saturated heterocycles. The molecule has 5 heteroatoms. The van der Waals surface area contributed by atoms with Crippen LogP contribution < -0.4 is 14.8 Å². The highest BCUT2D eigenvalue weighted by molar-refractivity contribution is 5.86. The van der Waals surface area contributed by atoms with Crippen LogP contribution in [-0.4, -0.2) is 24.9 Å². The third kappa shape index (κ3) is 4.16. The van der Waals surface area contributed by atoms with Gasteiger partial charge in [-0.25, -0.2) is 4.79 Å². The fraction of sp³-hybridized carbons (Fsp3) is 0.462. The van der Waals surface area contributed by atoms with E-state index in [0.717, 1.165) is 19.3 Å². The molecule has 0 aliphatic carbocycles. The van der Waals surface area contributed by atoms with Crippen LogP contribution in [0, 0.1) is 0 Å². The largest absolute Gasteiger partial charge is 0.493 e. The molecule has 1 aromatic rings. The minimum Gasteiger partial charge on any atom is -0.493 e. The minimum absolute atomic E-state index is 0.401. The molecule has 0 aliphatic rings. The predicted octanol–water partition coefficient (Wildman–Crippen LogP) is 3.35. The van der Waals surface area contributed by atoms with Crippen LogP contribution in [0.2, 0.25) is 0 Å². The monoisotopic (exact) mass is 253 g/mol. The smallest absolute Gasteiger partial charge is 0.409 e. The number of rotatable bonds is 7. The average Bonchev–Trinajstić information content (AvgIpc) is 2.35. The van der Waals surface area contributed by atoms with E-state index in [9.17, 15) is 4.79 Å². The van der Waals surface area contributed by atoms with Crippen molar-refractivity contribution < 1.29 is 19.4 Å². The second-order valence-electron chi connectivity index (χ2n) is 3.82. The first-order valence-corrected chi connectivity index (χ1v) is 5.98. The van der Waals surface area contributed by atoms with Crippen LogP contribution in [0.5, 0.6) is 11.5 Å². The molecule has 0 fully saturated rings. The third-order valence-electron chi connectivity index (χ3n) is 2.43. The number of para-hydroxylation sites is 1. The maximum Gasteiger partial charge on any atom is 0.409 e. The molecule has 0 aliphatic heterocycles. The number of benzene rings is 1. The van der Waals surface area contributed by atoms with Crippen molar-refractivity contribution in [2.45, 2.75) is 26.2 Å². The Labute approximate surface area is 107 Å². The van der Waals surface area contributed by atoms with Gasteiger partial charge in [-0.3, -0.25) is 5.32 Å². The molecule has 5 nitrogen and oxygen atoms in total. The normalized spacial score (nSPS) is 9.89. The van der Waals surface area contributed by atoms with Gasteiger partial charge >= 0.3 is 6.09 Å². The Bertz CT molecular complexity index is 393. The van der Waals surface area contributed by atoms with E-state index in [-0.39, 0.29) is 0 Å². The molecule has 0 unspecified atom stereocenters. The van der Waals surface area contributed by atoms with Crippen molar-refractivity contribution in [2.75, 3.05) is 19.0 Å². The molecule has 1 aromatic carbocycles. The van der Waals surface area contributed by atoms with Gasteiger partial charge in [0.2, 0.25) is 0 Å². The highest BCUT2D eigenvalue weighted by Crippen LogP contribution is 2.35. The van der Waals surface area contributed by atoms with Gasteiger partial charge in [0.15, 0.2) is 11.5 Å². The van der Waals surface area contributed by atoms with Crippen molar-refractivity contribution in [3.8, 4) is 11.5 Å². The summed E-state index contributed by atoms with van der Waals surface area (Å²) in [5.74, 6) is 0.969. The molecule has 0 spiro atoms. The van der Waals surface area contributed by atoms with Crippen LogP contribution in [-0.2, 0) is 0 Å². The Kier molecular flexibility index (Phi) is 5.84. The van der Waals surface area contributed by atoms with Gasteiger partial charge in [-0.1, -0.05) is 25.8 Å². The number of carbonyl (C=O) groups is 1. The van der Waals surface area contributed by atoms with Gasteiger partial charge in [0.05, 0.1) is 19.4 Å². The van der Waals surface area contributed by atoms with Crippen molar-refractivity contribution in [1.82, 2.24) is 0 Å². The van der Waals surface area contributed by atoms with Gasteiger partial charge in [0.1, 0.15) is 0 Å². The van der Waals surface area contributed by atoms with Gasteiger partial charge in [-0.2, -0.15) is 0 Å². The summed E-state index contributed by atoms with van der Waals surface area (Å²) in [5, 5.41) is 11.1. The molecule has 0 bridgehead atoms. The Morgan fingerprint density at radius 3 is 2.78 bits per heavy atom. The van der Waals surface area contributed by atoms with Crippen LogP contribution in [0.15, 0.2) is 18.2 Å². The Balaban J connectivity index is 2.79.